The lowest BCUT2D eigenvalue weighted by molar-refractivity contribution is 0.143. The summed E-state index contributed by atoms with van der Waals surface area (Å²) in [7, 11) is 0. The second kappa shape index (κ2) is 5.10. The Morgan fingerprint density at radius 1 is 1.50 bits per heavy atom. The van der Waals surface area contributed by atoms with Crippen LogP contribution in [0.4, 0.5) is 0 Å². The summed E-state index contributed by atoms with van der Waals surface area (Å²) in [5.41, 5.74) is 5.93. The molecule has 0 aromatic heterocycles. The Balaban J connectivity index is 2.30. The lowest BCUT2D eigenvalue weighted by Gasteiger charge is -2.28. The normalized spacial score (nSPS) is 24.4. The van der Waals surface area contributed by atoms with Gasteiger partial charge in [-0.2, -0.15) is 0 Å². The molecule has 0 aromatic rings. The van der Waals surface area contributed by atoms with Crippen LogP contribution >= 0.6 is 0 Å². The van der Waals surface area contributed by atoms with Gasteiger partial charge in [0.25, 0.3) is 0 Å². The van der Waals surface area contributed by atoms with Crippen molar-refractivity contribution in [2.75, 3.05) is 26.2 Å². The van der Waals surface area contributed by atoms with Gasteiger partial charge in [0.15, 0.2) is 0 Å². The zero-order valence-corrected chi connectivity index (χ0v) is 9.50. The molecule has 3 nitrogen and oxygen atoms in total. The summed E-state index contributed by atoms with van der Waals surface area (Å²) in [6, 6.07) is 0.406. The quantitative estimate of drug-likeness (QED) is 0.691. The van der Waals surface area contributed by atoms with E-state index in [-0.39, 0.29) is 5.41 Å². The van der Waals surface area contributed by atoms with Crippen molar-refractivity contribution in [3.05, 3.63) is 0 Å². The van der Waals surface area contributed by atoms with E-state index in [0.29, 0.717) is 12.6 Å². The number of likely N-dealkylation sites (tertiary alicyclic amines) is 1. The minimum absolute atomic E-state index is 0.239. The molecular formula is C11H24N2O. The maximum atomic E-state index is 9.16. The lowest BCUT2D eigenvalue weighted by Crippen LogP contribution is -2.36. The Bertz CT molecular complexity index is 171. The van der Waals surface area contributed by atoms with Crippen LogP contribution < -0.4 is 5.73 Å². The van der Waals surface area contributed by atoms with E-state index in [4.69, 9.17) is 10.8 Å². The standard InChI is InChI=1S/C11H24N2O/c1-11(2,9-12)5-7-13-6-3-4-10(13)8-14/h10,14H,3-9,12H2,1-2H3. The van der Waals surface area contributed by atoms with Crippen molar-refractivity contribution in [3.8, 4) is 0 Å². The van der Waals surface area contributed by atoms with Crippen LogP contribution in [0.2, 0.25) is 0 Å². The van der Waals surface area contributed by atoms with Gasteiger partial charge in [0.2, 0.25) is 0 Å². The van der Waals surface area contributed by atoms with Gasteiger partial charge in [0, 0.05) is 6.04 Å². The van der Waals surface area contributed by atoms with Crippen molar-refractivity contribution in [1.82, 2.24) is 4.90 Å². The van der Waals surface area contributed by atoms with E-state index < -0.39 is 0 Å². The Kier molecular flexibility index (Phi) is 4.35. The van der Waals surface area contributed by atoms with Crippen LogP contribution in [0.3, 0.4) is 0 Å². The van der Waals surface area contributed by atoms with Gasteiger partial charge in [-0.05, 0) is 44.3 Å². The molecule has 1 atom stereocenters. The fourth-order valence-corrected chi connectivity index (χ4v) is 1.94. The second-order valence-electron chi connectivity index (χ2n) is 5.13. The Hall–Kier alpha value is -0.120. The van der Waals surface area contributed by atoms with Crippen LogP contribution in [0.25, 0.3) is 0 Å². The molecular weight excluding hydrogens is 176 g/mol. The molecule has 3 N–H and O–H groups in total. The van der Waals surface area contributed by atoms with Gasteiger partial charge in [-0.3, -0.25) is 4.90 Å². The monoisotopic (exact) mass is 200 g/mol. The second-order valence-corrected chi connectivity index (χ2v) is 5.13. The van der Waals surface area contributed by atoms with Crippen LogP contribution in [0, 0.1) is 5.41 Å². The van der Waals surface area contributed by atoms with E-state index >= 15 is 0 Å². The van der Waals surface area contributed by atoms with Crippen molar-refractivity contribution in [1.29, 1.82) is 0 Å². The first-order valence-electron chi connectivity index (χ1n) is 5.64. The van der Waals surface area contributed by atoms with E-state index in [0.717, 1.165) is 32.5 Å². The van der Waals surface area contributed by atoms with Gasteiger partial charge in [-0.1, -0.05) is 13.8 Å². The zero-order valence-electron chi connectivity index (χ0n) is 9.50. The molecule has 0 amide bonds. The van der Waals surface area contributed by atoms with Crippen LogP contribution in [-0.2, 0) is 0 Å². The highest BCUT2D eigenvalue weighted by Gasteiger charge is 2.25. The van der Waals surface area contributed by atoms with Gasteiger partial charge in [0.1, 0.15) is 0 Å². The fourth-order valence-electron chi connectivity index (χ4n) is 1.94. The fraction of sp³-hybridized carbons (Fsp3) is 1.00. The predicted octanol–water partition coefficient (Wildman–Crippen LogP) is 0.818. The molecule has 0 aliphatic carbocycles. The maximum Gasteiger partial charge on any atom is 0.0586 e. The minimum Gasteiger partial charge on any atom is -0.395 e. The molecule has 84 valence electrons. The maximum absolute atomic E-state index is 9.16. The van der Waals surface area contributed by atoms with Gasteiger partial charge in [-0.25, -0.2) is 0 Å². The van der Waals surface area contributed by atoms with Crippen LogP contribution in [0.1, 0.15) is 33.1 Å². The van der Waals surface area contributed by atoms with Crippen LogP contribution in [0.5, 0.6) is 0 Å². The van der Waals surface area contributed by atoms with Crippen molar-refractivity contribution in [3.63, 3.8) is 0 Å². The number of aliphatic hydroxyl groups is 1. The largest absolute Gasteiger partial charge is 0.395 e. The third kappa shape index (κ3) is 3.23. The van der Waals surface area contributed by atoms with Crippen molar-refractivity contribution >= 4 is 0 Å². The Morgan fingerprint density at radius 3 is 2.79 bits per heavy atom. The summed E-state index contributed by atoms with van der Waals surface area (Å²) >= 11 is 0. The number of hydrogen-bond donors (Lipinski definition) is 2. The van der Waals surface area contributed by atoms with E-state index in [1.807, 2.05) is 0 Å². The summed E-state index contributed by atoms with van der Waals surface area (Å²) in [6.07, 6.45) is 3.51. The molecule has 3 heteroatoms. The van der Waals surface area contributed by atoms with Gasteiger partial charge >= 0.3 is 0 Å². The smallest absolute Gasteiger partial charge is 0.0586 e. The van der Waals surface area contributed by atoms with Crippen molar-refractivity contribution in [2.45, 2.75) is 39.2 Å². The molecule has 0 aromatic carbocycles. The molecule has 1 aliphatic rings. The van der Waals surface area contributed by atoms with E-state index in [1.54, 1.807) is 0 Å². The van der Waals surface area contributed by atoms with Crippen LogP contribution in [-0.4, -0.2) is 42.3 Å². The zero-order chi connectivity index (χ0) is 10.6. The Labute approximate surface area is 87.3 Å². The van der Waals surface area contributed by atoms with Crippen molar-refractivity contribution in [2.24, 2.45) is 11.1 Å². The number of hydrogen-bond acceptors (Lipinski definition) is 3. The van der Waals surface area contributed by atoms with E-state index in [1.165, 1.54) is 6.42 Å². The Morgan fingerprint density at radius 2 is 2.21 bits per heavy atom. The number of nitrogens with two attached hydrogens (primary N) is 1. The highest BCUT2D eigenvalue weighted by atomic mass is 16.3. The molecule has 1 heterocycles. The summed E-state index contributed by atoms with van der Waals surface area (Å²) in [4.78, 5) is 2.40. The van der Waals surface area contributed by atoms with Gasteiger partial charge in [0.05, 0.1) is 6.61 Å². The first-order chi connectivity index (χ1) is 6.59. The van der Waals surface area contributed by atoms with Gasteiger partial charge < -0.3 is 10.8 Å². The molecule has 1 saturated heterocycles. The summed E-state index contributed by atoms with van der Waals surface area (Å²) in [5, 5.41) is 9.16. The summed E-state index contributed by atoms with van der Waals surface area (Å²) < 4.78 is 0. The molecule has 1 aliphatic heterocycles. The first kappa shape index (κ1) is 12.0. The first-order valence-corrected chi connectivity index (χ1v) is 5.64. The highest BCUT2D eigenvalue weighted by molar-refractivity contribution is 4.80. The molecule has 1 rings (SSSR count). The molecule has 1 unspecified atom stereocenters. The third-order valence-electron chi connectivity index (χ3n) is 3.34. The molecule has 0 bridgehead atoms. The van der Waals surface area contributed by atoms with Gasteiger partial charge in [-0.15, -0.1) is 0 Å². The minimum atomic E-state index is 0.239. The highest BCUT2D eigenvalue weighted by Crippen LogP contribution is 2.22. The average Bonchev–Trinajstić information content (AvgIpc) is 2.62. The third-order valence-corrected chi connectivity index (χ3v) is 3.34. The van der Waals surface area contributed by atoms with Crippen LogP contribution in [0.15, 0.2) is 0 Å². The summed E-state index contributed by atoms with van der Waals surface area (Å²) in [6.45, 7) is 7.68. The topological polar surface area (TPSA) is 49.5 Å². The predicted molar refractivity (Wildman–Crippen MR) is 59.1 cm³/mol. The SMILES string of the molecule is CC(C)(CN)CCN1CCCC1CO. The number of rotatable bonds is 5. The van der Waals surface area contributed by atoms with Crippen molar-refractivity contribution < 1.29 is 5.11 Å². The molecule has 0 saturated carbocycles. The summed E-state index contributed by atoms with van der Waals surface area (Å²) in [5.74, 6) is 0. The number of nitrogens with zero attached hydrogens (tertiary/aromatic N) is 1. The average molecular weight is 200 g/mol. The lowest BCUT2D eigenvalue weighted by atomic mass is 9.89. The molecule has 1 fully saturated rings. The molecule has 0 radical (unpaired) electrons. The van der Waals surface area contributed by atoms with E-state index in [9.17, 15) is 0 Å². The molecule has 14 heavy (non-hydrogen) atoms. The number of aliphatic hydroxyl groups excluding tert-OH is 1. The van der Waals surface area contributed by atoms with E-state index in [2.05, 4.69) is 18.7 Å². The molecule has 0 spiro atoms.